The van der Waals surface area contributed by atoms with E-state index >= 15 is 0 Å². The normalized spacial score (nSPS) is 21.4. The van der Waals surface area contributed by atoms with Crippen LogP contribution in [0.2, 0.25) is 0 Å². The molecule has 1 aliphatic heterocycles. The van der Waals surface area contributed by atoms with E-state index < -0.39 is 0 Å². The first-order chi connectivity index (χ1) is 9.70. The van der Waals surface area contributed by atoms with Gasteiger partial charge >= 0.3 is 0 Å². The van der Waals surface area contributed by atoms with Crippen LogP contribution in [-0.2, 0) is 6.42 Å². The summed E-state index contributed by atoms with van der Waals surface area (Å²) in [6, 6.07) is 4.69. The van der Waals surface area contributed by atoms with Crippen LogP contribution in [0.4, 0.5) is 0 Å². The van der Waals surface area contributed by atoms with Crippen LogP contribution in [0.5, 0.6) is 0 Å². The minimum Gasteiger partial charge on any atom is -0.315 e. The third kappa shape index (κ3) is 3.39. The number of pyridine rings is 1. The lowest BCUT2D eigenvalue weighted by Gasteiger charge is -2.48. The van der Waals surface area contributed by atoms with E-state index in [9.17, 15) is 0 Å². The molecule has 2 rings (SSSR count). The minimum atomic E-state index is 0.227. The van der Waals surface area contributed by atoms with E-state index in [1.165, 1.54) is 44.3 Å². The number of nitrogens with one attached hydrogen (secondary N) is 1. The van der Waals surface area contributed by atoms with Crippen LogP contribution >= 0.6 is 0 Å². The average Bonchev–Trinajstić information content (AvgIpc) is 2.53. The molecule has 0 aromatic carbocycles. The fourth-order valence-electron chi connectivity index (χ4n) is 3.48. The van der Waals surface area contributed by atoms with Crippen LogP contribution < -0.4 is 5.32 Å². The molecule has 3 nitrogen and oxygen atoms in total. The van der Waals surface area contributed by atoms with Crippen LogP contribution in [0, 0.1) is 0 Å². The van der Waals surface area contributed by atoms with Gasteiger partial charge in [0.25, 0.3) is 0 Å². The quantitative estimate of drug-likeness (QED) is 0.865. The second kappa shape index (κ2) is 7.19. The third-order valence-electron chi connectivity index (χ3n) is 5.06. The molecule has 2 atom stereocenters. The molecule has 1 aliphatic rings. The molecule has 1 fully saturated rings. The van der Waals surface area contributed by atoms with Crippen molar-refractivity contribution in [3.05, 3.63) is 30.1 Å². The summed E-state index contributed by atoms with van der Waals surface area (Å²) in [6.07, 6.45) is 10.2. The van der Waals surface area contributed by atoms with Crippen LogP contribution in [0.25, 0.3) is 0 Å². The van der Waals surface area contributed by atoms with Gasteiger partial charge in [0.05, 0.1) is 0 Å². The van der Waals surface area contributed by atoms with Crippen molar-refractivity contribution in [3.8, 4) is 0 Å². The molecular formula is C17H29N3. The zero-order chi connectivity index (χ0) is 14.4. The van der Waals surface area contributed by atoms with Gasteiger partial charge in [0.15, 0.2) is 0 Å². The highest BCUT2D eigenvalue weighted by Crippen LogP contribution is 2.29. The van der Waals surface area contributed by atoms with Gasteiger partial charge in [0, 0.05) is 24.0 Å². The maximum absolute atomic E-state index is 4.25. The summed E-state index contributed by atoms with van der Waals surface area (Å²) in [5.74, 6) is 0. The van der Waals surface area contributed by atoms with Gasteiger partial charge < -0.3 is 5.32 Å². The first-order valence-corrected chi connectivity index (χ1v) is 8.02. The van der Waals surface area contributed by atoms with Crippen molar-refractivity contribution in [1.82, 2.24) is 15.2 Å². The molecule has 1 aromatic rings. The van der Waals surface area contributed by atoms with Gasteiger partial charge in [-0.05, 0) is 64.4 Å². The summed E-state index contributed by atoms with van der Waals surface area (Å²) in [7, 11) is 2.10. The van der Waals surface area contributed by atoms with Gasteiger partial charge in [-0.25, -0.2) is 0 Å². The molecule has 1 saturated heterocycles. The van der Waals surface area contributed by atoms with Crippen LogP contribution in [0.3, 0.4) is 0 Å². The number of likely N-dealkylation sites (tertiary alicyclic amines) is 1. The molecule has 2 unspecified atom stereocenters. The van der Waals surface area contributed by atoms with Crippen molar-refractivity contribution in [2.75, 3.05) is 20.1 Å². The van der Waals surface area contributed by atoms with Gasteiger partial charge in [-0.15, -0.1) is 0 Å². The minimum absolute atomic E-state index is 0.227. The molecule has 0 bridgehead atoms. The van der Waals surface area contributed by atoms with Crippen molar-refractivity contribution in [2.45, 2.75) is 57.5 Å². The monoisotopic (exact) mass is 275 g/mol. The van der Waals surface area contributed by atoms with Crippen molar-refractivity contribution in [1.29, 1.82) is 0 Å². The zero-order valence-electron chi connectivity index (χ0n) is 13.2. The molecule has 3 heteroatoms. The fraction of sp³-hybridized carbons (Fsp3) is 0.706. The lowest BCUT2D eigenvalue weighted by Crippen LogP contribution is -2.60. The first kappa shape index (κ1) is 15.5. The topological polar surface area (TPSA) is 28.2 Å². The number of aromatic nitrogens is 1. The highest BCUT2D eigenvalue weighted by Gasteiger charge is 2.37. The molecule has 0 aliphatic carbocycles. The Morgan fingerprint density at radius 1 is 1.35 bits per heavy atom. The predicted octanol–water partition coefficient (Wildman–Crippen LogP) is 2.87. The number of likely N-dealkylation sites (N-methyl/N-ethyl adjacent to an activating group) is 1. The Morgan fingerprint density at radius 3 is 2.65 bits per heavy atom. The average molecular weight is 275 g/mol. The second-order valence-corrected chi connectivity index (χ2v) is 6.17. The molecule has 0 radical (unpaired) electrons. The number of piperidine rings is 1. The molecule has 20 heavy (non-hydrogen) atoms. The van der Waals surface area contributed by atoms with Crippen LogP contribution in [-0.4, -0.2) is 41.6 Å². The standard InChI is InChI=1S/C17H29N3/c1-4-17(2,20-11-6-5-7-12-20)16(18-3)13-15-9-8-10-19-14-15/h8-10,14,16,18H,4-7,11-13H2,1-3H3. The van der Waals surface area contributed by atoms with Gasteiger partial charge in [-0.2, -0.15) is 0 Å². The molecule has 112 valence electrons. The van der Waals surface area contributed by atoms with Crippen molar-refractivity contribution < 1.29 is 0 Å². The number of nitrogens with zero attached hydrogens (tertiary/aromatic N) is 2. The van der Waals surface area contributed by atoms with E-state index in [1.807, 2.05) is 18.5 Å². The van der Waals surface area contributed by atoms with E-state index in [0.29, 0.717) is 6.04 Å². The van der Waals surface area contributed by atoms with E-state index in [1.54, 1.807) is 0 Å². The lowest BCUT2D eigenvalue weighted by atomic mass is 9.82. The Bertz CT molecular complexity index is 386. The molecule has 0 amide bonds. The SMILES string of the molecule is CCC(C)(C(Cc1cccnc1)NC)N1CCCCC1. The summed E-state index contributed by atoms with van der Waals surface area (Å²) in [6.45, 7) is 7.24. The van der Waals surface area contributed by atoms with E-state index in [-0.39, 0.29) is 5.54 Å². The van der Waals surface area contributed by atoms with E-state index in [0.717, 1.165) is 6.42 Å². The number of hydrogen-bond donors (Lipinski definition) is 1. The van der Waals surface area contributed by atoms with Crippen molar-refractivity contribution in [3.63, 3.8) is 0 Å². The number of rotatable bonds is 6. The van der Waals surface area contributed by atoms with Gasteiger partial charge in [0.2, 0.25) is 0 Å². The molecule has 1 aromatic heterocycles. The summed E-state index contributed by atoms with van der Waals surface area (Å²) in [5, 5.41) is 3.57. The zero-order valence-corrected chi connectivity index (χ0v) is 13.2. The third-order valence-corrected chi connectivity index (χ3v) is 5.06. The predicted molar refractivity (Wildman–Crippen MR) is 84.9 cm³/mol. The smallest absolute Gasteiger partial charge is 0.0334 e. The number of hydrogen-bond acceptors (Lipinski definition) is 3. The van der Waals surface area contributed by atoms with Gasteiger partial charge in [0.1, 0.15) is 0 Å². The maximum atomic E-state index is 4.25. The molecule has 1 N–H and O–H groups in total. The van der Waals surface area contributed by atoms with Gasteiger partial charge in [-0.3, -0.25) is 9.88 Å². The summed E-state index contributed by atoms with van der Waals surface area (Å²) < 4.78 is 0. The Balaban J connectivity index is 2.13. The first-order valence-electron chi connectivity index (χ1n) is 8.02. The lowest BCUT2D eigenvalue weighted by molar-refractivity contribution is 0.0452. The van der Waals surface area contributed by atoms with Crippen molar-refractivity contribution in [2.24, 2.45) is 0 Å². The molecule has 2 heterocycles. The molecule has 0 saturated carbocycles. The Labute approximate surface area is 123 Å². The van der Waals surface area contributed by atoms with Gasteiger partial charge in [-0.1, -0.05) is 19.4 Å². The highest BCUT2D eigenvalue weighted by atomic mass is 15.2. The van der Waals surface area contributed by atoms with Crippen LogP contribution in [0.1, 0.15) is 45.1 Å². The van der Waals surface area contributed by atoms with E-state index in [2.05, 4.69) is 42.2 Å². The fourth-order valence-corrected chi connectivity index (χ4v) is 3.48. The maximum Gasteiger partial charge on any atom is 0.0334 e. The molecule has 0 spiro atoms. The Kier molecular flexibility index (Phi) is 5.55. The summed E-state index contributed by atoms with van der Waals surface area (Å²) in [5.41, 5.74) is 1.55. The Morgan fingerprint density at radius 2 is 2.10 bits per heavy atom. The largest absolute Gasteiger partial charge is 0.315 e. The second-order valence-electron chi connectivity index (χ2n) is 6.17. The Hall–Kier alpha value is -0.930. The van der Waals surface area contributed by atoms with Crippen molar-refractivity contribution >= 4 is 0 Å². The van der Waals surface area contributed by atoms with E-state index in [4.69, 9.17) is 0 Å². The van der Waals surface area contributed by atoms with Crippen LogP contribution in [0.15, 0.2) is 24.5 Å². The summed E-state index contributed by atoms with van der Waals surface area (Å²) in [4.78, 5) is 6.95. The molecular weight excluding hydrogens is 246 g/mol. The highest BCUT2D eigenvalue weighted by molar-refractivity contribution is 5.13. The summed E-state index contributed by atoms with van der Waals surface area (Å²) >= 11 is 0.